The second kappa shape index (κ2) is 5.89. The zero-order valence-corrected chi connectivity index (χ0v) is 10.0. The lowest BCUT2D eigenvalue weighted by molar-refractivity contribution is -0.115. The van der Waals surface area contributed by atoms with Crippen LogP contribution in [0.4, 0.5) is 5.69 Å². The standard InChI is InChI=1S/C12H17N3O2/c1-3-12(16)15-9-6-8(2)4-5-10(9)17-7-11(13)14/h4-6H,3,7H2,1-2H3,(H3,13,14)(H,15,16). The molecule has 0 fully saturated rings. The van der Waals surface area contributed by atoms with Crippen LogP contribution in [0.3, 0.4) is 0 Å². The van der Waals surface area contributed by atoms with Gasteiger partial charge in [-0.15, -0.1) is 0 Å². The first-order valence-electron chi connectivity index (χ1n) is 5.39. The molecule has 0 aliphatic carbocycles. The van der Waals surface area contributed by atoms with Crippen molar-refractivity contribution in [1.82, 2.24) is 0 Å². The molecule has 0 spiro atoms. The smallest absolute Gasteiger partial charge is 0.224 e. The minimum atomic E-state index is -0.0803. The van der Waals surface area contributed by atoms with Crippen molar-refractivity contribution in [1.29, 1.82) is 5.41 Å². The summed E-state index contributed by atoms with van der Waals surface area (Å²) >= 11 is 0. The molecule has 0 heterocycles. The van der Waals surface area contributed by atoms with Crippen molar-refractivity contribution in [3.05, 3.63) is 23.8 Å². The molecule has 0 aliphatic heterocycles. The van der Waals surface area contributed by atoms with Gasteiger partial charge >= 0.3 is 0 Å². The number of nitrogens with two attached hydrogens (primary N) is 1. The van der Waals surface area contributed by atoms with Crippen LogP contribution >= 0.6 is 0 Å². The summed E-state index contributed by atoms with van der Waals surface area (Å²) in [5.74, 6) is 0.384. The summed E-state index contributed by atoms with van der Waals surface area (Å²) in [4.78, 5) is 11.3. The van der Waals surface area contributed by atoms with Gasteiger partial charge < -0.3 is 15.8 Å². The van der Waals surface area contributed by atoms with Crippen LogP contribution < -0.4 is 15.8 Å². The van der Waals surface area contributed by atoms with Gasteiger partial charge in [-0.05, 0) is 24.6 Å². The first-order valence-corrected chi connectivity index (χ1v) is 5.39. The monoisotopic (exact) mass is 235 g/mol. The second-order valence-electron chi connectivity index (χ2n) is 3.72. The van der Waals surface area contributed by atoms with E-state index in [1.165, 1.54) is 0 Å². The van der Waals surface area contributed by atoms with E-state index in [0.29, 0.717) is 17.9 Å². The lowest BCUT2D eigenvalue weighted by Gasteiger charge is -2.12. The fraction of sp³-hybridized carbons (Fsp3) is 0.333. The highest BCUT2D eigenvalue weighted by atomic mass is 16.5. The highest BCUT2D eigenvalue weighted by Crippen LogP contribution is 2.25. The summed E-state index contributed by atoms with van der Waals surface area (Å²) in [6.45, 7) is 3.72. The number of hydrogen-bond acceptors (Lipinski definition) is 3. The fourth-order valence-corrected chi connectivity index (χ4v) is 1.26. The van der Waals surface area contributed by atoms with Gasteiger partial charge in [0, 0.05) is 6.42 Å². The van der Waals surface area contributed by atoms with Gasteiger partial charge in [0.05, 0.1) is 5.69 Å². The number of aryl methyl sites for hydroxylation is 1. The van der Waals surface area contributed by atoms with E-state index in [0.717, 1.165) is 5.56 Å². The second-order valence-corrected chi connectivity index (χ2v) is 3.72. The molecule has 5 heteroatoms. The van der Waals surface area contributed by atoms with Crippen LogP contribution in [0.5, 0.6) is 5.75 Å². The number of hydrogen-bond donors (Lipinski definition) is 3. The van der Waals surface area contributed by atoms with Crippen molar-refractivity contribution in [2.24, 2.45) is 5.73 Å². The molecule has 0 aromatic heterocycles. The minimum Gasteiger partial charge on any atom is -0.484 e. The molecule has 1 aromatic carbocycles. The van der Waals surface area contributed by atoms with Gasteiger partial charge in [0.1, 0.15) is 18.2 Å². The number of carbonyl (C=O) groups is 1. The van der Waals surface area contributed by atoms with Crippen molar-refractivity contribution >= 4 is 17.4 Å². The first kappa shape index (κ1) is 13.0. The number of rotatable bonds is 5. The fourth-order valence-electron chi connectivity index (χ4n) is 1.26. The Kier molecular flexibility index (Phi) is 4.51. The zero-order chi connectivity index (χ0) is 12.8. The lowest BCUT2D eigenvalue weighted by Crippen LogP contribution is -2.20. The van der Waals surface area contributed by atoms with Gasteiger partial charge in [-0.3, -0.25) is 10.2 Å². The molecule has 1 rings (SSSR count). The number of benzene rings is 1. The van der Waals surface area contributed by atoms with Crippen LogP contribution in [0.2, 0.25) is 0 Å². The molecule has 17 heavy (non-hydrogen) atoms. The molecular weight excluding hydrogens is 218 g/mol. The maximum atomic E-state index is 11.3. The van der Waals surface area contributed by atoms with Gasteiger partial charge in [0.25, 0.3) is 0 Å². The Balaban J connectivity index is 2.87. The van der Waals surface area contributed by atoms with Gasteiger partial charge in [0.2, 0.25) is 5.91 Å². The Hall–Kier alpha value is -2.04. The van der Waals surface area contributed by atoms with E-state index in [1.807, 2.05) is 19.1 Å². The van der Waals surface area contributed by atoms with Crippen LogP contribution in [0.15, 0.2) is 18.2 Å². The topological polar surface area (TPSA) is 88.2 Å². The maximum Gasteiger partial charge on any atom is 0.224 e. The quantitative estimate of drug-likeness (QED) is 0.535. The Labute approximate surface area is 100 Å². The van der Waals surface area contributed by atoms with Gasteiger partial charge in [-0.25, -0.2) is 0 Å². The molecule has 1 aromatic rings. The number of nitrogens with one attached hydrogen (secondary N) is 2. The van der Waals surface area contributed by atoms with Crippen molar-refractivity contribution in [2.75, 3.05) is 11.9 Å². The predicted octanol–water partition coefficient (Wildman–Crippen LogP) is 1.66. The summed E-state index contributed by atoms with van der Waals surface area (Å²) in [5, 5.41) is 9.85. The summed E-state index contributed by atoms with van der Waals surface area (Å²) in [6, 6.07) is 5.45. The third-order valence-corrected chi connectivity index (χ3v) is 2.11. The molecular formula is C12H17N3O2. The summed E-state index contributed by atoms with van der Waals surface area (Å²) < 4.78 is 5.33. The highest BCUT2D eigenvalue weighted by molar-refractivity contribution is 5.92. The van der Waals surface area contributed by atoms with E-state index in [2.05, 4.69) is 5.32 Å². The average Bonchev–Trinajstić information content (AvgIpc) is 2.27. The largest absolute Gasteiger partial charge is 0.484 e. The van der Waals surface area contributed by atoms with E-state index in [1.54, 1.807) is 13.0 Å². The molecule has 0 atom stereocenters. The number of ether oxygens (including phenoxy) is 1. The maximum absolute atomic E-state index is 11.3. The summed E-state index contributed by atoms with van der Waals surface area (Å²) in [7, 11) is 0. The van der Waals surface area contributed by atoms with Crippen molar-refractivity contribution < 1.29 is 9.53 Å². The van der Waals surface area contributed by atoms with Crippen LogP contribution in [0.25, 0.3) is 0 Å². The third kappa shape index (κ3) is 4.14. The Bertz CT molecular complexity index is 430. The van der Waals surface area contributed by atoms with E-state index in [9.17, 15) is 4.79 Å². The summed E-state index contributed by atoms with van der Waals surface area (Å²) in [6.07, 6.45) is 0.403. The Morgan fingerprint density at radius 1 is 1.53 bits per heavy atom. The number of amides is 1. The van der Waals surface area contributed by atoms with Gasteiger partial charge in [-0.2, -0.15) is 0 Å². The lowest BCUT2D eigenvalue weighted by atomic mass is 10.2. The molecule has 4 N–H and O–H groups in total. The average molecular weight is 235 g/mol. The van der Waals surface area contributed by atoms with E-state index >= 15 is 0 Å². The summed E-state index contributed by atoms with van der Waals surface area (Å²) in [5.41, 5.74) is 6.85. The molecule has 5 nitrogen and oxygen atoms in total. The number of carbonyl (C=O) groups excluding carboxylic acids is 1. The van der Waals surface area contributed by atoms with Gasteiger partial charge in [-0.1, -0.05) is 13.0 Å². The molecule has 1 amide bonds. The SMILES string of the molecule is CCC(=O)Nc1cc(C)ccc1OCC(=N)N. The van der Waals surface area contributed by atoms with E-state index in [-0.39, 0.29) is 18.3 Å². The normalized spacial score (nSPS) is 9.76. The zero-order valence-electron chi connectivity index (χ0n) is 10.0. The van der Waals surface area contributed by atoms with Crippen LogP contribution in [0.1, 0.15) is 18.9 Å². The molecule has 0 saturated carbocycles. The Morgan fingerprint density at radius 3 is 2.82 bits per heavy atom. The molecule has 0 saturated heterocycles. The van der Waals surface area contributed by atoms with Crippen molar-refractivity contribution in [3.8, 4) is 5.75 Å². The van der Waals surface area contributed by atoms with Crippen LogP contribution in [-0.2, 0) is 4.79 Å². The Morgan fingerprint density at radius 2 is 2.24 bits per heavy atom. The highest BCUT2D eigenvalue weighted by Gasteiger charge is 2.07. The third-order valence-electron chi connectivity index (χ3n) is 2.11. The number of amidine groups is 1. The van der Waals surface area contributed by atoms with Gasteiger partial charge in [0.15, 0.2) is 0 Å². The van der Waals surface area contributed by atoms with Crippen molar-refractivity contribution in [3.63, 3.8) is 0 Å². The van der Waals surface area contributed by atoms with E-state index < -0.39 is 0 Å². The van der Waals surface area contributed by atoms with Crippen LogP contribution in [0, 0.1) is 12.3 Å². The predicted molar refractivity (Wildman–Crippen MR) is 67.5 cm³/mol. The van der Waals surface area contributed by atoms with Crippen LogP contribution in [-0.4, -0.2) is 18.3 Å². The molecule has 0 radical (unpaired) electrons. The molecule has 0 bridgehead atoms. The molecule has 0 aliphatic rings. The minimum absolute atomic E-state index is 0.0120. The van der Waals surface area contributed by atoms with E-state index in [4.69, 9.17) is 15.9 Å². The van der Waals surface area contributed by atoms with Crippen molar-refractivity contribution in [2.45, 2.75) is 20.3 Å². The first-order chi connectivity index (χ1) is 8.02. The molecule has 0 unspecified atom stereocenters. The molecule has 92 valence electrons. The number of anilines is 1.